The molecule has 0 aliphatic carbocycles. The van der Waals surface area contributed by atoms with Crippen LogP contribution in [0.25, 0.3) is 22.4 Å². The van der Waals surface area contributed by atoms with Crippen molar-refractivity contribution in [3.63, 3.8) is 0 Å². The molecule has 3 aromatic rings. The normalized spacial score (nSPS) is 17.1. The number of rotatable bonds is 5. The molecule has 7 heteroatoms. The van der Waals surface area contributed by atoms with E-state index in [2.05, 4.69) is 11.1 Å². The van der Waals surface area contributed by atoms with E-state index in [0.717, 1.165) is 47.4 Å². The summed E-state index contributed by atoms with van der Waals surface area (Å²) in [5, 5.41) is 9.26. The van der Waals surface area contributed by atoms with E-state index in [1.54, 1.807) is 22.8 Å². The van der Waals surface area contributed by atoms with Gasteiger partial charge < -0.3 is 14.6 Å². The summed E-state index contributed by atoms with van der Waals surface area (Å²) in [4.78, 5) is 27.9. The molecule has 1 aromatic heterocycles. The monoisotopic (exact) mass is 418 g/mol. The SMILES string of the molecule is O=C(O)c1cccc(-c2ccc3c(c2)CCn2c-3cc(OCC3CCCO3)nc2=O)c1. The lowest BCUT2D eigenvalue weighted by Crippen LogP contribution is -2.29. The Morgan fingerprint density at radius 3 is 2.87 bits per heavy atom. The number of aromatic carboxylic acids is 1. The van der Waals surface area contributed by atoms with Gasteiger partial charge in [-0.15, -0.1) is 0 Å². The largest absolute Gasteiger partial charge is 0.478 e. The minimum absolute atomic E-state index is 0.0528. The molecule has 1 N–H and O–H groups in total. The summed E-state index contributed by atoms with van der Waals surface area (Å²) in [7, 11) is 0. The number of nitrogens with zero attached hydrogens (tertiary/aromatic N) is 2. The van der Waals surface area contributed by atoms with Crippen molar-refractivity contribution in [3.8, 4) is 28.3 Å². The van der Waals surface area contributed by atoms with Gasteiger partial charge in [-0.25, -0.2) is 9.59 Å². The van der Waals surface area contributed by atoms with Crippen LogP contribution in [0, 0.1) is 0 Å². The lowest BCUT2D eigenvalue weighted by atomic mass is 9.93. The predicted molar refractivity (Wildman–Crippen MR) is 115 cm³/mol. The summed E-state index contributed by atoms with van der Waals surface area (Å²) in [5.41, 5.74) is 4.59. The first-order valence-electron chi connectivity index (χ1n) is 10.4. The molecule has 3 heterocycles. The molecule has 2 aliphatic heterocycles. The lowest BCUT2D eigenvalue weighted by molar-refractivity contribution is 0.0661. The highest BCUT2D eigenvalue weighted by atomic mass is 16.5. The van der Waals surface area contributed by atoms with E-state index >= 15 is 0 Å². The zero-order chi connectivity index (χ0) is 21.4. The Morgan fingerprint density at radius 2 is 2.06 bits per heavy atom. The number of carbonyl (C=O) groups is 1. The third kappa shape index (κ3) is 3.84. The van der Waals surface area contributed by atoms with Crippen LogP contribution in [-0.4, -0.2) is 39.9 Å². The summed E-state index contributed by atoms with van der Waals surface area (Å²) in [5.74, 6) is -0.631. The molecular formula is C24H22N2O5. The van der Waals surface area contributed by atoms with Crippen LogP contribution in [0.5, 0.6) is 5.88 Å². The molecule has 1 fully saturated rings. The number of hydrogen-bond acceptors (Lipinski definition) is 5. The first kappa shape index (κ1) is 19.5. The second-order valence-electron chi connectivity index (χ2n) is 7.87. The molecule has 1 atom stereocenters. The van der Waals surface area contributed by atoms with Gasteiger partial charge in [-0.2, -0.15) is 4.98 Å². The molecule has 0 bridgehead atoms. The lowest BCUT2D eigenvalue weighted by Gasteiger charge is -2.22. The Morgan fingerprint density at radius 1 is 1.19 bits per heavy atom. The van der Waals surface area contributed by atoms with Crippen LogP contribution < -0.4 is 10.4 Å². The van der Waals surface area contributed by atoms with E-state index in [0.29, 0.717) is 25.5 Å². The Kier molecular flexibility index (Phi) is 5.03. The Balaban J connectivity index is 1.47. The van der Waals surface area contributed by atoms with E-state index in [4.69, 9.17) is 9.47 Å². The first-order chi connectivity index (χ1) is 15.1. The fourth-order valence-corrected chi connectivity index (χ4v) is 4.25. The quantitative estimate of drug-likeness (QED) is 0.683. The van der Waals surface area contributed by atoms with E-state index in [9.17, 15) is 14.7 Å². The fraction of sp³-hybridized carbons (Fsp3) is 0.292. The molecule has 0 spiro atoms. The van der Waals surface area contributed by atoms with Crippen molar-refractivity contribution in [2.45, 2.75) is 31.9 Å². The maximum absolute atomic E-state index is 12.6. The van der Waals surface area contributed by atoms with Crippen molar-refractivity contribution >= 4 is 5.97 Å². The Labute approximate surface area is 178 Å². The van der Waals surface area contributed by atoms with Crippen LogP contribution in [0.2, 0.25) is 0 Å². The number of benzene rings is 2. The van der Waals surface area contributed by atoms with Gasteiger partial charge in [0.2, 0.25) is 5.88 Å². The first-order valence-corrected chi connectivity index (χ1v) is 10.4. The summed E-state index contributed by atoms with van der Waals surface area (Å²) in [6, 6.07) is 14.7. The summed E-state index contributed by atoms with van der Waals surface area (Å²) < 4.78 is 13.0. The molecule has 0 amide bonds. The molecule has 0 saturated carbocycles. The maximum atomic E-state index is 12.6. The zero-order valence-electron chi connectivity index (χ0n) is 16.9. The van der Waals surface area contributed by atoms with E-state index < -0.39 is 5.97 Å². The van der Waals surface area contributed by atoms with Gasteiger partial charge in [-0.1, -0.05) is 30.3 Å². The van der Waals surface area contributed by atoms with E-state index in [-0.39, 0.29) is 17.4 Å². The van der Waals surface area contributed by atoms with Gasteiger partial charge in [-0.05, 0) is 48.1 Å². The van der Waals surface area contributed by atoms with Crippen molar-refractivity contribution in [1.82, 2.24) is 9.55 Å². The topological polar surface area (TPSA) is 90.7 Å². The molecular weight excluding hydrogens is 396 g/mol. The van der Waals surface area contributed by atoms with Gasteiger partial charge in [-0.3, -0.25) is 4.57 Å². The van der Waals surface area contributed by atoms with Crippen molar-refractivity contribution in [2.75, 3.05) is 13.2 Å². The highest BCUT2D eigenvalue weighted by Gasteiger charge is 2.21. The van der Waals surface area contributed by atoms with Crippen molar-refractivity contribution in [2.24, 2.45) is 0 Å². The minimum atomic E-state index is -0.948. The highest BCUT2D eigenvalue weighted by Crippen LogP contribution is 2.33. The molecule has 5 rings (SSSR count). The minimum Gasteiger partial charge on any atom is -0.478 e. The number of carboxylic acids is 1. The number of fused-ring (bicyclic) bond motifs is 3. The Hall–Kier alpha value is -3.45. The molecule has 158 valence electrons. The van der Waals surface area contributed by atoms with E-state index in [1.165, 1.54) is 0 Å². The summed E-state index contributed by atoms with van der Waals surface area (Å²) in [6.07, 6.45) is 2.74. The highest BCUT2D eigenvalue weighted by molar-refractivity contribution is 5.89. The maximum Gasteiger partial charge on any atom is 0.351 e. The summed E-state index contributed by atoms with van der Waals surface area (Å²) in [6.45, 7) is 1.68. The number of aromatic nitrogens is 2. The third-order valence-corrected chi connectivity index (χ3v) is 5.86. The smallest absolute Gasteiger partial charge is 0.351 e. The van der Waals surface area contributed by atoms with Crippen LogP contribution in [0.3, 0.4) is 0 Å². The molecule has 1 unspecified atom stereocenters. The van der Waals surface area contributed by atoms with Crippen molar-refractivity contribution in [1.29, 1.82) is 0 Å². The van der Waals surface area contributed by atoms with Crippen molar-refractivity contribution in [3.05, 3.63) is 70.1 Å². The molecule has 7 nitrogen and oxygen atoms in total. The second kappa shape index (κ2) is 8.00. The fourth-order valence-electron chi connectivity index (χ4n) is 4.25. The standard InChI is InChI=1S/C24H22N2O5/c27-23(28)18-4-1-3-15(12-18)16-6-7-20-17(11-16)8-9-26-21(20)13-22(25-24(26)29)31-14-19-5-2-10-30-19/h1,3-4,6-7,11-13,19H,2,5,8-10,14H2,(H,27,28). The van der Waals surface area contributed by atoms with E-state index in [1.807, 2.05) is 24.3 Å². The van der Waals surface area contributed by atoms with Crippen LogP contribution in [0.1, 0.15) is 28.8 Å². The molecule has 0 radical (unpaired) electrons. The number of ether oxygens (including phenoxy) is 2. The number of hydrogen-bond donors (Lipinski definition) is 1. The van der Waals surface area contributed by atoms with Crippen molar-refractivity contribution < 1.29 is 19.4 Å². The second-order valence-corrected chi connectivity index (χ2v) is 7.87. The Bertz CT molecular complexity index is 1210. The summed E-state index contributed by atoms with van der Waals surface area (Å²) >= 11 is 0. The molecule has 31 heavy (non-hydrogen) atoms. The van der Waals surface area contributed by atoms with Gasteiger partial charge >= 0.3 is 11.7 Å². The van der Waals surface area contributed by atoms with Gasteiger partial charge in [0, 0.05) is 24.8 Å². The van der Waals surface area contributed by atoms with Crippen LogP contribution in [-0.2, 0) is 17.7 Å². The van der Waals surface area contributed by atoms with Crippen LogP contribution >= 0.6 is 0 Å². The number of aryl methyl sites for hydroxylation is 1. The molecule has 2 aliphatic rings. The zero-order valence-corrected chi connectivity index (χ0v) is 16.9. The molecule has 1 saturated heterocycles. The van der Waals surface area contributed by atoms with Crippen LogP contribution in [0.15, 0.2) is 53.3 Å². The van der Waals surface area contributed by atoms with Gasteiger partial charge in [0.15, 0.2) is 0 Å². The van der Waals surface area contributed by atoms with Gasteiger partial charge in [0.25, 0.3) is 0 Å². The van der Waals surface area contributed by atoms with Gasteiger partial charge in [0.05, 0.1) is 17.4 Å². The predicted octanol–water partition coefficient (Wildman–Crippen LogP) is 3.39. The average molecular weight is 418 g/mol. The van der Waals surface area contributed by atoms with Gasteiger partial charge in [0.1, 0.15) is 6.61 Å². The third-order valence-electron chi connectivity index (χ3n) is 5.86. The average Bonchev–Trinajstić information content (AvgIpc) is 3.31. The number of carboxylic acid groups (broad SMARTS) is 1. The van der Waals surface area contributed by atoms with Crippen LogP contribution in [0.4, 0.5) is 0 Å². The molecule has 2 aromatic carbocycles.